The lowest BCUT2D eigenvalue weighted by Gasteiger charge is -2.12. The fourth-order valence-electron chi connectivity index (χ4n) is 4.51. The number of primary amides is 2. The number of anilines is 2. The Morgan fingerprint density at radius 2 is 1.29 bits per heavy atom. The number of carbonyl (C=O) groups is 2. The van der Waals surface area contributed by atoms with Gasteiger partial charge >= 0.3 is 0 Å². The number of amides is 2. The van der Waals surface area contributed by atoms with Crippen LogP contribution in [0.1, 0.15) is 26.3 Å². The SMILES string of the molecule is Br.COc1cc(C(N)=O)cc2nc(N)n(CC=CCn3c(N)nc4cc(C(N)=O)cc(OCc5ccccc5)c43)c12. The van der Waals surface area contributed by atoms with E-state index in [1.807, 2.05) is 42.5 Å². The van der Waals surface area contributed by atoms with Crippen molar-refractivity contribution >= 4 is 62.8 Å². The molecule has 0 saturated heterocycles. The number of nitrogen functional groups attached to an aromatic ring is 2. The highest BCUT2D eigenvalue weighted by molar-refractivity contribution is 8.93. The third-order valence-corrected chi connectivity index (χ3v) is 6.44. The number of halogens is 1. The van der Waals surface area contributed by atoms with Gasteiger partial charge in [0.15, 0.2) is 0 Å². The van der Waals surface area contributed by atoms with Crippen LogP contribution in [-0.4, -0.2) is 38.0 Å². The highest BCUT2D eigenvalue weighted by Gasteiger charge is 2.18. The molecule has 0 unspecified atom stereocenters. The number of nitrogens with zero attached hydrogens (tertiary/aromatic N) is 4. The number of hydrogen-bond donors (Lipinski definition) is 4. The monoisotopic (exact) mass is 620 g/mol. The molecule has 0 bridgehead atoms. The summed E-state index contributed by atoms with van der Waals surface area (Å²) in [6.45, 7) is 1.01. The zero-order valence-corrected chi connectivity index (χ0v) is 23.8. The molecule has 12 nitrogen and oxygen atoms in total. The van der Waals surface area contributed by atoms with Crippen LogP contribution in [0.25, 0.3) is 22.1 Å². The van der Waals surface area contributed by atoms with Gasteiger partial charge in [0.05, 0.1) is 18.1 Å². The van der Waals surface area contributed by atoms with Crippen molar-refractivity contribution in [3.05, 3.63) is 83.4 Å². The Labute approximate surface area is 245 Å². The molecule has 41 heavy (non-hydrogen) atoms. The maximum atomic E-state index is 11.9. The Morgan fingerprint density at radius 3 is 1.78 bits per heavy atom. The molecule has 2 aromatic heterocycles. The largest absolute Gasteiger partial charge is 0.494 e. The fourth-order valence-corrected chi connectivity index (χ4v) is 4.51. The van der Waals surface area contributed by atoms with Crippen molar-refractivity contribution in [2.45, 2.75) is 19.7 Å². The third-order valence-electron chi connectivity index (χ3n) is 6.44. The highest BCUT2D eigenvalue weighted by atomic mass is 79.9. The average Bonchev–Trinajstić information content (AvgIpc) is 3.44. The predicted octanol–water partition coefficient (Wildman–Crippen LogP) is 3.17. The number of imidazole rings is 2. The van der Waals surface area contributed by atoms with Crippen molar-refractivity contribution in [2.24, 2.45) is 11.5 Å². The molecule has 212 valence electrons. The first-order valence-electron chi connectivity index (χ1n) is 12.3. The molecular formula is C28H29BrN8O4. The van der Waals surface area contributed by atoms with Gasteiger partial charge in [0.25, 0.3) is 0 Å². The summed E-state index contributed by atoms with van der Waals surface area (Å²) < 4.78 is 15.1. The minimum atomic E-state index is -0.594. The van der Waals surface area contributed by atoms with Crippen LogP contribution >= 0.6 is 17.0 Å². The number of fused-ring (bicyclic) bond motifs is 2. The number of ether oxygens (including phenoxy) is 2. The normalized spacial score (nSPS) is 11.1. The Balaban J connectivity index is 0.00000387. The van der Waals surface area contributed by atoms with Gasteiger partial charge in [0.1, 0.15) is 29.1 Å². The zero-order valence-electron chi connectivity index (χ0n) is 22.1. The minimum Gasteiger partial charge on any atom is -0.494 e. The van der Waals surface area contributed by atoms with E-state index in [4.69, 9.17) is 32.4 Å². The van der Waals surface area contributed by atoms with Gasteiger partial charge in [-0.05, 0) is 29.8 Å². The minimum absolute atomic E-state index is 0. The van der Waals surface area contributed by atoms with Gasteiger partial charge < -0.3 is 41.5 Å². The molecule has 5 aromatic rings. The van der Waals surface area contributed by atoms with Crippen LogP contribution in [-0.2, 0) is 19.7 Å². The average molecular weight is 621 g/mol. The third kappa shape index (κ3) is 5.79. The standard InChI is InChI=1S/C28H28N8O4.BrH/c1-39-21-13-17(25(29)37)11-19-23(21)35(27(31)33-19)9-5-6-10-36-24-20(34-28(36)32)12-18(26(30)38)14-22(24)40-15-16-7-3-2-4-8-16;/h2-8,11-14H,9-10,15H2,1H3,(H2,29,37)(H2,30,38)(H2,31,33)(H2,32,34);1H. The van der Waals surface area contributed by atoms with E-state index >= 15 is 0 Å². The maximum absolute atomic E-state index is 11.9. The van der Waals surface area contributed by atoms with Crippen molar-refractivity contribution in [2.75, 3.05) is 18.6 Å². The number of rotatable bonds is 10. The molecule has 0 spiro atoms. The second-order valence-corrected chi connectivity index (χ2v) is 9.02. The number of hydrogen-bond acceptors (Lipinski definition) is 8. The molecule has 13 heteroatoms. The van der Waals surface area contributed by atoms with Crippen molar-refractivity contribution in [1.82, 2.24) is 19.1 Å². The molecule has 0 aliphatic carbocycles. The van der Waals surface area contributed by atoms with Crippen LogP contribution in [0.15, 0.2) is 66.7 Å². The molecular weight excluding hydrogens is 592 g/mol. The van der Waals surface area contributed by atoms with Crippen molar-refractivity contribution in [1.29, 1.82) is 0 Å². The van der Waals surface area contributed by atoms with Gasteiger partial charge in [-0.1, -0.05) is 42.5 Å². The fraction of sp³-hybridized carbons (Fsp3) is 0.143. The summed E-state index contributed by atoms with van der Waals surface area (Å²) in [4.78, 5) is 32.4. The first-order valence-corrected chi connectivity index (χ1v) is 12.3. The van der Waals surface area contributed by atoms with Crippen molar-refractivity contribution in [3.8, 4) is 11.5 Å². The van der Waals surface area contributed by atoms with E-state index in [1.165, 1.54) is 7.11 Å². The first kappa shape index (κ1) is 29.0. The van der Waals surface area contributed by atoms with E-state index in [1.54, 1.807) is 33.4 Å². The van der Waals surface area contributed by atoms with Crippen LogP contribution in [0.3, 0.4) is 0 Å². The lowest BCUT2D eigenvalue weighted by atomic mass is 10.1. The zero-order chi connectivity index (χ0) is 28.4. The van der Waals surface area contributed by atoms with E-state index in [9.17, 15) is 9.59 Å². The Morgan fingerprint density at radius 1 is 0.805 bits per heavy atom. The molecule has 2 amide bonds. The summed E-state index contributed by atoms with van der Waals surface area (Å²) in [5.41, 5.74) is 27.2. The van der Waals surface area contributed by atoms with Gasteiger partial charge in [-0.2, -0.15) is 0 Å². The molecule has 0 aliphatic rings. The Kier molecular flexibility index (Phi) is 8.48. The van der Waals surface area contributed by atoms with Crippen LogP contribution in [0.4, 0.5) is 11.9 Å². The van der Waals surface area contributed by atoms with Crippen LogP contribution in [0, 0.1) is 0 Å². The van der Waals surface area contributed by atoms with Crippen LogP contribution in [0.5, 0.6) is 11.5 Å². The second-order valence-electron chi connectivity index (χ2n) is 9.02. The predicted molar refractivity (Wildman–Crippen MR) is 162 cm³/mol. The highest BCUT2D eigenvalue weighted by Crippen LogP contribution is 2.31. The van der Waals surface area contributed by atoms with E-state index in [-0.39, 0.29) is 46.6 Å². The molecule has 0 radical (unpaired) electrons. The smallest absolute Gasteiger partial charge is 0.248 e. The van der Waals surface area contributed by atoms with E-state index in [0.29, 0.717) is 46.7 Å². The summed E-state index contributed by atoms with van der Waals surface area (Å²) in [6, 6.07) is 16.0. The molecule has 0 fully saturated rings. The molecule has 0 saturated carbocycles. The summed E-state index contributed by atoms with van der Waals surface area (Å²) >= 11 is 0. The van der Waals surface area contributed by atoms with E-state index in [0.717, 1.165) is 5.56 Å². The molecule has 2 heterocycles. The Bertz CT molecular complexity index is 1780. The summed E-state index contributed by atoms with van der Waals surface area (Å²) in [7, 11) is 1.50. The lowest BCUT2D eigenvalue weighted by molar-refractivity contribution is 0.0991. The quantitative estimate of drug-likeness (QED) is 0.171. The summed E-state index contributed by atoms with van der Waals surface area (Å²) in [6.07, 6.45) is 3.79. The number of nitrogens with two attached hydrogens (primary N) is 4. The van der Waals surface area contributed by atoms with Crippen molar-refractivity contribution in [3.63, 3.8) is 0 Å². The number of allylic oxidation sites excluding steroid dienone is 2. The van der Waals surface area contributed by atoms with Crippen molar-refractivity contribution < 1.29 is 19.1 Å². The van der Waals surface area contributed by atoms with Gasteiger partial charge in [-0.3, -0.25) is 9.59 Å². The molecule has 8 N–H and O–H groups in total. The van der Waals surface area contributed by atoms with Crippen LogP contribution in [0.2, 0.25) is 0 Å². The maximum Gasteiger partial charge on any atom is 0.248 e. The summed E-state index contributed by atoms with van der Waals surface area (Å²) in [5, 5.41) is 0. The number of methoxy groups -OCH3 is 1. The van der Waals surface area contributed by atoms with Gasteiger partial charge in [0, 0.05) is 24.2 Å². The molecule has 3 aromatic carbocycles. The van der Waals surface area contributed by atoms with Gasteiger partial charge in [-0.25, -0.2) is 9.97 Å². The molecule has 5 rings (SSSR count). The van der Waals surface area contributed by atoms with Gasteiger partial charge in [0.2, 0.25) is 23.7 Å². The van der Waals surface area contributed by atoms with Crippen LogP contribution < -0.4 is 32.4 Å². The number of benzene rings is 3. The molecule has 0 atom stereocenters. The van der Waals surface area contributed by atoms with E-state index in [2.05, 4.69) is 9.97 Å². The van der Waals surface area contributed by atoms with Gasteiger partial charge in [-0.15, -0.1) is 17.0 Å². The number of aromatic nitrogens is 4. The second kappa shape index (κ2) is 12.0. The summed E-state index contributed by atoms with van der Waals surface area (Å²) in [5.74, 6) is 0.185. The molecule has 0 aliphatic heterocycles. The lowest BCUT2D eigenvalue weighted by Crippen LogP contribution is -2.11. The first-order chi connectivity index (χ1) is 19.3. The topological polar surface area (TPSA) is 192 Å². The Hall–Kier alpha value is -5.04. The van der Waals surface area contributed by atoms with E-state index < -0.39 is 11.8 Å². The number of carbonyl (C=O) groups excluding carboxylic acids is 2.